The molecule has 0 amide bonds. The van der Waals surface area contributed by atoms with Crippen molar-refractivity contribution < 1.29 is 0 Å². The Kier molecular flexibility index (Phi) is 3.34. The molecule has 0 atom stereocenters. The molecule has 0 N–H and O–H groups in total. The first-order chi connectivity index (χ1) is 13.8. The number of nitriles is 2. The molecule has 0 saturated carbocycles. The molecule has 5 aromatic rings. The SMILES string of the molecule is C=c1cc2c3ccccc3c3cc(=C(C#N)C#N)c4cc(C(C)(C)C)cc1c4n23. The minimum Gasteiger partial charge on any atom is -0.308 e. The van der Waals surface area contributed by atoms with Gasteiger partial charge in [0.1, 0.15) is 17.7 Å². The molecular weight excluding hydrogens is 354 g/mol. The quantitative estimate of drug-likeness (QED) is 0.394. The molecular formula is C26H19N3. The molecule has 0 spiro atoms. The van der Waals surface area contributed by atoms with Crippen LogP contribution in [0.4, 0.5) is 0 Å². The van der Waals surface area contributed by atoms with Gasteiger partial charge in [0.25, 0.3) is 0 Å². The maximum absolute atomic E-state index is 9.65. The van der Waals surface area contributed by atoms with Gasteiger partial charge in [0.05, 0.1) is 16.6 Å². The van der Waals surface area contributed by atoms with Crippen LogP contribution in [-0.2, 0) is 5.41 Å². The van der Waals surface area contributed by atoms with E-state index in [0.29, 0.717) is 5.22 Å². The summed E-state index contributed by atoms with van der Waals surface area (Å²) < 4.78 is 2.26. The van der Waals surface area contributed by atoms with Crippen LogP contribution in [-0.4, -0.2) is 4.40 Å². The second kappa shape index (κ2) is 5.60. The first kappa shape index (κ1) is 17.3. The van der Waals surface area contributed by atoms with Crippen molar-refractivity contribution in [3.8, 4) is 12.1 Å². The maximum atomic E-state index is 9.65. The van der Waals surface area contributed by atoms with Crippen LogP contribution in [0.25, 0.3) is 50.2 Å². The van der Waals surface area contributed by atoms with Crippen LogP contribution < -0.4 is 10.4 Å². The topological polar surface area (TPSA) is 52.0 Å². The summed E-state index contributed by atoms with van der Waals surface area (Å²) in [5.74, 6) is 0. The van der Waals surface area contributed by atoms with Gasteiger partial charge in [-0.25, -0.2) is 0 Å². The van der Waals surface area contributed by atoms with E-state index in [9.17, 15) is 10.5 Å². The van der Waals surface area contributed by atoms with Gasteiger partial charge in [-0.3, -0.25) is 0 Å². The third-order valence-electron chi connectivity index (χ3n) is 5.88. The smallest absolute Gasteiger partial charge is 0.137 e. The highest BCUT2D eigenvalue weighted by molar-refractivity contribution is 6.14. The molecule has 3 heterocycles. The van der Waals surface area contributed by atoms with Gasteiger partial charge < -0.3 is 4.40 Å². The zero-order chi connectivity index (χ0) is 20.5. The normalized spacial score (nSPS) is 12.0. The fourth-order valence-electron chi connectivity index (χ4n) is 4.39. The van der Waals surface area contributed by atoms with E-state index in [2.05, 4.69) is 74.2 Å². The van der Waals surface area contributed by atoms with Gasteiger partial charge in [0, 0.05) is 26.8 Å². The van der Waals surface area contributed by atoms with E-state index in [1.807, 2.05) is 18.2 Å². The number of aromatic nitrogens is 1. The largest absolute Gasteiger partial charge is 0.308 e. The van der Waals surface area contributed by atoms with Crippen molar-refractivity contribution in [2.75, 3.05) is 0 Å². The summed E-state index contributed by atoms with van der Waals surface area (Å²) in [6.07, 6.45) is 0. The lowest BCUT2D eigenvalue weighted by atomic mass is 9.85. The van der Waals surface area contributed by atoms with E-state index in [1.165, 1.54) is 0 Å². The molecule has 3 nitrogen and oxygen atoms in total. The molecule has 0 aliphatic carbocycles. The summed E-state index contributed by atoms with van der Waals surface area (Å²) in [4.78, 5) is 0. The van der Waals surface area contributed by atoms with E-state index in [-0.39, 0.29) is 11.0 Å². The number of rotatable bonds is 0. The number of fused-ring (bicyclic) bond motifs is 3. The first-order valence-electron chi connectivity index (χ1n) is 9.61. The lowest BCUT2D eigenvalue weighted by Crippen LogP contribution is -2.17. The van der Waals surface area contributed by atoms with Crippen LogP contribution in [0.3, 0.4) is 0 Å². The lowest BCUT2D eigenvalue weighted by molar-refractivity contribution is 0.591. The standard InChI is InChI=1S/C26H19N3/c1-15-9-23-18-7-5-6-8-19(18)24-12-21(16(13-27)14-28)22-11-17(26(2,3)4)10-20(15)25(22)29(23)24/h5-12H,1H2,2-4H3. The summed E-state index contributed by atoms with van der Waals surface area (Å²) in [5.41, 5.74) is 4.35. The third kappa shape index (κ3) is 2.22. The average molecular weight is 373 g/mol. The van der Waals surface area contributed by atoms with Crippen LogP contribution in [0.5, 0.6) is 0 Å². The molecule has 3 heteroatoms. The second-order valence-corrected chi connectivity index (χ2v) is 8.65. The Morgan fingerprint density at radius 3 is 2.03 bits per heavy atom. The minimum absolute atomic E-state index is 0.0711. The first-order valence-corrected chi connectivity index (χ1v) is 9.61. The van der Waals surface area contributed by atoms with E-state index in [4.69, 9.17) is 0 Å². The predicted octanol–water partition coefficient (Wildman–Crippen LogP) is 4.74. The molecule has 2 aromatic carbocycles. The molecule has 3 aromatic heterocycles. The van der Waals surface area contributed by atoms with E-state index in [0.717, 1.165) is 48.9 Å². The summed E-state index contributed by atoms with van der Waals surface area (Å²) in [5, 5.41) is 25.2. The van der Waals surface area contributed by atoms with Crippen molar-refractivity contribution in [1.29, 1.82) is 10.5 Å². The van der Waals surface area contributed by atoms with Crippen molar-refractivity contribution in [1.82, 2.24) is 4.40 Å². The molecule has 29 heavy (non-hydrogen) atoms. The van der Waals surface area contributed by atoms with Crippen LogP contribution in [0.2, 0.25) is 0 Å². The fourth-order valence-corrected chi connectivity index (χ4v) is 4.39. The van der Waals surface area contributed by atoms with Gasteiger partial charge in [0.2, 0.25) is 0 Å². The molecule has 0 fully saturated rings. The van der Waals surface area contributed by atoms with Gasteiger partial charge >= 0.3 is 0 Å². The van der Waals surface area contributed by atoms with Crippen molar-refractivity contribution in [2.45, 2.75) is 26.2 Å². The molecule has 0 bridgehead atoms. The Hall–Kier alpha value is -3.82. The Morgan fingerprint density at radius 2 is 1.45 bits per heavy atom. The highest BCUT2D eigenvalue weighted by Crippen LogP contribution is 2.34. The van der Waals surface area contributed by atoms with E-state index in [1.54, 1.807) is 0 Å². The lowest BCUT2D eigenvalue weighted by Gasteiger charge is -2.21. The van der Waals surface area contributed by atoms with E-state index < -0.39 is 0 Å². The number of hydrogen-bond acceptors (Lipinski definition) is 2. The van der Waals surface area contributed by atoms with Gasteiger partial charge in [-0.2, -0.15) is 10.5 Å². The Morgan fingerprint density at radius 1 is 0.862 bits per heavy atom. The predicted molar refractivity (Wildman–Crippen MR) is 119 cm³/mol. The van der Waals surface area contributed by atoms with Crippen molar-refractivity contribution in [3.05, 3.63) is 64.5 Å². The highest BCUT2D eigenvalue weighted by Gasteiger charge is 2.20. The van der Waals surface area contributed by atoms with Crippen LogP contribution in [0.1, 0.15) is 26.3 Å². The monoisotopic (exact) mass is 373 g/mol. The highest BCUT2D eigenvalue weighted by atomic mass is 14.9. The van der Waals surface area contributed by atoms with Gasteiger partial charge in [-0.15, -0.1) is 0 Å². The Balaban J connectivity index is 2.25. The molecule has 0 saturated heterocycles. The van der Waals surface area contributed by atoms with Crippen LogP contribution >= 0.6 is 0 Å². The van der Waals surface area contributed by atoms with Crippen molar-refractivity contribution >= 4 is 50.2 Å². The van der Waals surface area contributed by atoms with Gasteiger partial charge in [-0.1, -0.05) is 51.6 Å². The molecule has 138 valence electrons. The molecule has 0 unspecified atom stereocenters. The zero-order valence-electron chi connectivity index (χ0n) is 16.7. The third-order valence-corrected chi connectivity index (χ3v) is 5.88. The molecule has 0 aliphatic heterocycles. The van der Waals surface area contributed by atoms with Gasteiger partial charge in [0.15, 0.2) is 0 Å². The summed E-state index contributed by atoms with van der Waals surface area (Å²) in [6.45, 7) is 10.9. The zero-order valence-corrected chi connectivity index (χ0v) is 16.7. The van der Waals surface area contributed by atoms with Crippen molar-refractivity contribution in [3.63, 3.8) is 0 Å². The van der Waals surface area contributed by atoms with Gasteiger partial charge in [-0.05, 0) is 40.5 Å². The fraction of sp³-hybridized carbons (Fsp3) is 0.154. The maximum Gasteiger partial charge on any atom is 0.137 e. The number of benzene rings is 2. The van der Waals surface area contributed by atoms with E-state index >= 15 is 0 Å². The summed E-state index contributed by atoms with van der Waals surface area (Å²) in [7, 11) is 0. The Labute approximate surface area is 168 Å². The number of hydrogen-bond donors (Lipinski definition) is 0. The average Bonchev–Trinajstić information content (AvgIpc) is 3.01. The minimum atomic E-state index is -0.0711. The number of pyridine rings is 2. The molecule has 5 rings (SSSR count). The summed E-state index contributed by atoms with van der Waals surface area (Å²) >= 11 is 0. The second-order valence-electron chi connectivity index (χ2n) is 8.65. The van der Waals surface area contributed by atoms with Crippen LogP contribution in [0.15, 0.2) is 48.5 Å². The summed E-state index contributed by atoms with van der Waals surface area (Å²) in [6, 6.07) is 20.9. The van der Waals surface area contributed by atoms with Crippen molar-refractivity contribution in [2.24, 2.45) is 0 Å². The molecule has 0 radical (unpaired) electrons. The van der Waals surface area contributed by atoms with Crippen LogP contribution in [0, 0.1) is 22.7 Å². The Bertz CT molecular complexity index is 1650. The molecule has 0 aliphatic rings. The number of nitrogens with zero attached hydrogens (tertiary/aromatic N) is 3.